The molecule has 0 radical (unpaired) electrons. The summed E-state index contributed by atoms with van der Waals surface area (Å²) in [6.45, 7) is 4.32. The molecule has 2 heterocycles. The van der Waals surface area contributed by atoms with Crippen LogP contribution in [0.5, 0.6) is 0 Å². The van der Waals surface area contributed by atoms with E-state index >= 15 is 0 Å². The number of rotatable bonds is 4. The summed E-state index contributed by atoms with van der Waals surface area (Å²) in [5.74, 6) is 0.139. The zero-order chi connectivity index (χ0) is 18.6. The van der Waals surface area contributed by atoms with Crippen LogP contribution in [0.2, 0.25) is 0 Å². The van der Waals surface area contributed by atoms with E-state index in [4.69, 9.17) is 0 Å². The van der Waals surface area contributed by atoms with Crippen LogP contribution in [-0.2, 0) is 7.05 Å². The predicted molar refractivity (Wildman–Crippen MR) is 111 cm³/mol. The molecule has 1 fully saturated rings. The Kier molecular flexibility index (Phi) is 5.07. The largest absolute Gasteiger partial charge is 0.351 e. The van der Waals surface area contributed by atoms with Gasteiger partial charge in [-0.2, -0.15) is 0 Å². The van der Waals surface area contributed by atoms with Gasteiger partial charge in [0.1, 0.15) is 0 Å². The van der Waals surface area contributed by atoms with E-state index in [1.807, 2.05) is 42.4 Å². The maximum atomic E-state index is 12.8. The lowest BCUT2D eigenvalue weighted by atomic mass is 10.1. The first-order valence-corrected chi connectivity index (χ1v) is 9.49. The number of hydrogen-bond acceptors (Lipinski definition) is 2. The number of amides is 1. The van der Waals surface area contributed by atoms with Gasteiger partial charge in [-0.1, -0.05) is 42.5 Å². The third-order valence-electron chi connectivity index (χ3n) is 5.27. The SMILES string of the molecule is Cn1ccc2cc(C(=O)N3CCN(CC=Cc4ccccc4)CC3)ccc21. The van der Waals surface area contributed by atoms with Crippen molar-refractivity contribution < 1.29 is 4.79 Å². The second kappa shape index (κ2) is 7.80. The molecular weight excluding hydrogens is 334 g/mol. The van der Waals surface area contributed by atoms with Crippen molar-refractivity contribution in [2.45, 2.75) is 0 Å². The Bertz CT molecular complexity index is 950. The van der Waals surface area contributed by atoms with Crippen LogP contribution in [-0.4, -0.2) is 53.0 Å². The van der Waals surface area contributed by atoms with Crippen molar-refractivity contribution in [3.05, 3.63) is 78.0 Å². The van der Waals surface area contributed by atoms with E-state index < -0.39 is 0 Å². The van der Waals surface area contributed by atoms with E-state index in [-0.39, 0.29) is 5.91 Å². The molecule has 1 aliphatic heterocycles. The van der Waals surface area contributed by atoms with Gasteiger partial charge < -0.3 is 9.47 Å². The van der Waals surface area contributed by atoms with Crippen molar-refractivity contribution in [3.8, 4) is 0 Å². The van der Waals surface area contributed by atoms with Crippen LogP contribution in [0.15, 0.2) is 66.9 Å². The standard InChI is InChI=1S/C23H25N3O/c1-24-13-11-20-18-21(9-10-22(20)24)23(27)26-16-14-25(15-17-26)12-5-8-19-6-3-2-4-7-19/h2-11,13,18H,12,14-17H2,1H3. The molecular formula is C23H25N3O. The van der Waals surface area contributed by atoms with Crippen molar-refractivity contribution in [2.75, 3.05) is 32.7 Å². The highest BCUT2D eigenvalue weighted by Crippen LogP contribution is 2.18. The van der Waals surface area contributed by atoms with Crippen LogP contribution >= 0.6 is 0 Å². The molecule has 0 spiro atoms. The summed E-state index contributed by atoms with van der Waals surface area (Å²) in [7, 11) is 2.02. The van der Waals surface area contributed by atoms with E-state index in [0.717, 1.165) is 49.2 Å². The van der Waals surface area contributed by atoms with Crippen molar-refractivity contribution in [1.29, 1.82) is 0 Å². The zero-order valence-electron chi connectivity index (χ0n) is 15.7. The molecule has 4 rings (SSSR count). The lowest BCUT2D eigenvalue weighted by Gasteiger charge is -2.34. The fourth-order valence-corrected chi connectivity index (χ4v) is 3.63. The van der Waals surface area contributed by atoms with Crippen LogP contribution in [0, 0.1) is 0 Å². The van der Waals surface area contributed by atoms with Gasteiger partial charge in [0.15, 0.2) is 0 Å². The van der Waals surface area contributed by atoms with Crippen LogP contribution in [0.3, 0.4) is 0 Å². The minimum Gasteiger partial charge on any atom is -0.351 e. The summed E-state index contributed by atoms with van der Waals surface area (Å²) in [4.78, 5) is 17.2. The van der Waals surface area contributed by atoms with E-state index in [2.05, 4.69) is 52.0 Å². The van der Waals surface area contributed by atoms with E-state index in [9.17, 15) is 4.79 Å². The quantitative estimate of drug-likeness (QED) is 0.711. The molecule has 1 aliphatic rings. The Morgan fingerprint density at radius 1 is 1.00 bits per heavy atom. The molecule has 2 aromatic carbocycles. The maximum absolute atomic E-state index is 12.8. The molecule has 0 N–H and O–H groups in total. The average Bonchev–Trinajstić information content (AvgIpc) is 3.09. The molecule has 0 atom stereocenters. The Labute approximate surface area is 160 Å². The van der Waals surface area contributed by atoms with Crippen LogP contribution in [0.25, 0.3) is 17.0 Å². The molecule has 1 saturated heterocycles. The highest BCUT2D eigenvalue weighted by molar-refractivity contribution is 5.98. The maximum Gasteiger partial charge on any atom is 0.253 e. The second-order valence-electron chi connectivity index (χ2n) is 7.11. The number of fused-ring (bicyclic) bond motifs is 1. The van der Waals surface area contributed by atoms with Gasteiger partial charge in [0.25, 0.3) is 5.91 Å². The fourth-order valence-electron chi connectivity index (χ4n) is 3.63. The minimum atomic E-state index is 0.139. The van der Waals surface area contributed by atoms with Crippen molar-refractivity contribution in [3.63, 3.8) is 0 Å². The molecule has 1 amide bonds. The van der Waals surface area contributed by atoms with Crippen LogP contribution in [0.1, 0.15) is 15.9 Å². The first-order valence-electron chi connectivity index (χ1n) is 9.49. The van der Waals surface area contributed by atoms with Crippen LogP contribution in [0.4, 0.5) is 0 Å². The van der Waals surface area contributed by atoms with Gasteiger partial charge in [0, 0.05) is 62.4 Å². The molecule has 27 heavy (non-hydrogen) atoms. The third kappa shape index (κ3) is 3.96. The third-order valence-corrected chi connectivity index (χ3v) is 5.27. The Morgan fingerprint density at radius 3 is 2.56 bits per heavy atom. The zero-order valence-corrected chi connectivity index (χ0v) is 15.7. The van der Waals surface area contributed by atoms with Crippen molar-refractivity contribution in [1.82, 2.24) is 14.4 Å². The summed E-state index contributed by atoms with van der Waals surface area (Å²) in [6, 6.07) is 18.4. The van der Waals surface area contributed by atoms with E-state index in [0.29, 0.717) is 0 Å². The summed E-state index contributed by atoms with van der Waals surface area (Å²) in [5, 5.41) is 1.12. The summed E-state index contributed by atoms with van der Waals surface area (Å²) < 4.78 is 2.07. The fraction of sp³-hybridized carbons (Fsp3) is 0.261. The minimum absolute atomic E-state index is 0.139. The number of nitrogens with zero attached hydrogens (tertiary/aromatic N) is 3. The number of carbonyl (C=O) groups excluding carboxylic acids is 1. The Hall–Kier alpha value is -2.85. The molecule has 1 aromatic heterocycles. The van der Waals surface area contributed by atoms with Gasteiger partial charge in [-0.15, -0.1) is 0 Å². The molecule has 4 heteroatoms. The van der Waals surface area contributed by atoms with Gasteiger partial charge in [-0.25, -0.2) is 0 Å². The number of hydrogen-bond donors (Lipinski definition) is 0. The number of carbonyl (C=O) groups is 1. The second-order valence-corrected chi connectivity index (χ2v) is 7.11. The normalized spacial score (nSPS) is 15.7. The average molecular weight is 359 g/mol. The first kappa shape index (κ1) is 17.6. The summed E-state index contributed by atoms with van der Waals surface area (Å²) >= 11 is 0. The topological polar surface area (TPSA) is 28.5 Å². The predicted octanol–water partition coefficient (Wildman–Crippen LogP) is 3.65. The first-order chi connectivity index (χ1) is 13.2. The van der Waals surface area contributed by atoms with Gasteiger partial charge in [-0.05, 0) is 29.8 Å². The summed E-state index contributed by atoms with van der Waals surface area (Å²) in [5.41, 5.74) is 3.16. The van der Waals surface area contributed by atoms with Crippen LogP contribution < -0.4 is 0 Å². The van der Waals surface area contributed by atoms with E-state index in [1.165, 1.54) is 5.56 Å². The smallest absolute Gasteiger partial charge is 0.253 e. The summed E-state index contributed by atoms with van der Waals surface area (Å²) in [6.07, 6.45) is 6.39. The highest BCUT2D eigenvalue weighted by atomic mass is 16.2. The van der Waals surface area contributed by atoms with E-state index in [1.54, 1.807) is 0 Å². The molecule has 0 bridgehead atoms. The molecule has 0 unspecified atom stereocenters. The van der Waals surface area contributed by atoms with Gasteiger partial charge in [-0.3, -0.25) is 9.69 Å². The van der Waals surface area contributed by atoms with Crippen molar-refractivity contribution in [2.24, 2.45) is 7.05 Å². The van der Waals surface area contributed by atoms with Gasteiger partial charge >= 0.3 is 0 Å². The van der Waals surface area contributed by atoms with Gasteiger partial charge in [0.2, 0.25) is 0 Å². The molecule has 0 saturated carbocycles. The van der Waals surface area contributed by atoms with Crippen molar-refractivity contribution >= 4 is 22.9 Å². The number of benzene rings is 2. The molecule has 4 nitrogen and oxygen atoms in total. The highest BCUT2D eigenvalue weighted by Gasteiger charge is 2.21. The number of aromatic nitrogens is 1. The van der Waals surface area contributed by atoms with Gasteiger partial charge in [0.05, 0.1) is 0 Å². The monoisotopic (exact) mass is 359 g/mol. The molecule has 0 aliphatic carbocycles. The molecule has 3 aromatic rings. The number of aryl methyl sites for hydroxylation is 1. The lowest BCUT2D eigenvalue weighted by Crippen LogP contribution is -2.48. The number of piperazine rings is 1. The molecule has 138 valence electrons. The lowest BCUT2D eigenvalue weighted by molar-refractivity contribution is 0.0650. The Balaban J connectivity index is 1.32. The Morgan fingerprint density at radius 2 is 1.78 bits per heavy atom.